The lowest BCUT2D eigenvalue weighted by atomic mass is 9.86. The molecule has 2 amide bonds. The Morgan fingerprint density at radius 2 is 1.54 bits per heavy atom. The summed E-state index contributed by atoms with van der Waals surface area (Å²) in [6.45, 7) is 8.01. The Labute approximate surface area is 154 Å². The summed E-state index contributed by atoms with van der Waals surface area (Å²) >= 11 is 0. The van der Waals surface area contributed by atoms with Gasteiger partial charge >= 0.3 is 0 Å². The normalized spacial score (nSPS) is 12.2. The molecule has 0 radical (unpaired) electrons. The molecule has 2 aromatic carbocycles. The van der Waals surface area contributed by atoms with Crippen LogP contribution in [0.4, 0.5) is 5.69 Å². The van der Waals surface area contributed by atoms with E-state index >= 15 is 0 Å². The highest BCUT2D eigenvalue weighted by atomic mass is 16.5. The van der Waals surface area contributed by atoms with E-state index in [2.05, 4.69) is 31.4 Å². The monoisotopic (exact) mass is 354 g/mol. The van der Waals surface area contributed by atoms with Crippen molar-refractivity contribution in [2.24, 2.45) is 0 Å². The maximum absolute atomic E-state index is 12.3. The number of ether oxygens (including phenoxy) is 1. The second-order valence-electron chi connectivity index (χ2n) is 7.24. The summed E-state index contributed by atoms with van der Waals surface area (Å²) in [5.41, 5.74) is 2.36. The lowest BCUT2D eigenvalue weighted by molar-refractivity contribution is -0.117. The Bertz CT molecular complexity index is 759. The van der Waals surface area contributed by atoms with E-state index in [-0.39, 0.29) is 17.2 Å². The van der Waals surface area contributed by atoms with Crippen LogP contribution in [0.1, 0.15) is 43.6 Å². The van der Waals surface area contributed by atoms with Crippen LogP contribution in [0.25, 0.3) is 0 Å². The maximum atomic E-state index is 12.3. The van der Waals surface area contributed by atoms with Crippen molar-refractivity contribution in [3.63, 3.8) is 0 Å². The fourth-order valence-corrected chi connectivity index (χ4v) is 2.39. The number of amides is 2. The molecule has 0 saturated heterocycles. The Morgan fingerprint density at radius 1 is 0.962 bits per heavy atom. The van der Waals surface area contributed by atoms with Crippen LogP contribution in [0.15, 0.2) is 48.5 Å². The molecule has 0 bridgehead atoms. The van der Waals surface area contributed by atoms with Crippen molar-refractivity contribution in [2.45, 2.75) is 39.2 Å². The Morgan fingerprint density at radius 3 is 2.04 bits per heavy atom. The average molecular weight is 354 g/mol. The third kappa shape index (κ3) is 5.09. The third-order valence-corrected chi connectivity index (χ3v) is 4.11. The van der Waals surface area contributed by atoms with Gasteiger partial charge in [0.2, 0.25) is 5.91 Å². The zero-order valence-electron chi connectivity index (χ0n) is 15.9. The van der Waals surface area contributed by atoms with Crippen LogP contribution in [0, 0.1) is 0 Å². The Kier molecular flexibility index (Phi) is 6.03. The number of hydrogen-bond donors (Lipinski definition) is 2. The molecule has 1 atom stereocenters. The van der Waals surface area contributed by atoms with Gasteiger partial charge in [-0.2, -0.15) is 0 Å². The van der Waals surface area contributed by atoms with Crippen LogP contribution >= 0.6 is 0 Å². The van der Waals surface area contributed by atoms with Crippen LogP contribution in [-0.4, -0.2) is 25.0 Å². The van der Waals surface area contributed by atoms with Gasteiger partial charge in [-0.3, -0.25) is 9.59 Å². The smallest absolute Gasteiger partial charge is 0.251 e. The topological polar surface area (TPSA) is 67.4 Å². The van der Waals surface area contributed by atoms with Crippen LogP contribution in [0.3, 0.4) is 0 Å². The molecule has 0 aliphatic heterocycles. The molecule has 138 valence electrons. The molecule has 0 aliphatic carbocycles. The van der Waals surface area contributed by atoms with Gasteiger partial charge in [0.05, 0.1) is 7.11 Å². The largest absolute Gasteiger partial charge is 0.497 e. The van der Waals surface area contributed by atoms with Crippen molar-refractivity contribution in [3.05, 3.63) is 59.7 Å². The summed E-state index contributed by atoms with van der Waals surface area (Å²) in [5.74, 6) is 0.153. The van der Waals surface area contributed by atoms with Crippen molar-refractivity contribution in [1.29, 1.82) is 0 Å². The highest BCUT2D eigenvalue weighted by Crippen LogP contribution is 2.22. The number of rotatable bonds is 5. The fraction of sp³-hybridized carbons (Fsp3) is 0.333. The molecule has 5 heteroatoms. The van der Waals surface area contributed by atoms with Gasteiger partial charge in [0, 0.05) is 11.3 Å². The highest BCUT2D eigenvalue weighted by Gasteiger charge is 2.18. The van der Waals surface area contributed by atoms with E-state index in [1.54, 1.807) is 50.4 Å². The molecule has 0 fully saturated rings. The summed E-state index contributed by atoms with van der Waals surface area (Å²) in [6, 6.07) is 13.8. The van der Waals surface area contributed by atoms with Crippen molar-refractivity contribution in [1.82, 2.24) is 5.32 Å². The lowest BCUT2D eigenvalue weighted by Crippen LogP contribution is -2.41. The average Bonchev–Trinajstić information content (AvgIpc) is 2.61. The number of carbonyl (C=O) groups excluding carboxylic acids is 2. The minimum atomic E-state index is -0.660. The van der Waals surface area contributed by atoms with Gasteiger partial charge in [-0.25, -0.2) is 0 Å². The van der Waals surface area contributed by atoms with Gasteiger partial charge in [0.15, 0.2) is 0 Å². The quantitative estimate of drug-likeness (QED) is 0.859. The maximum Gasteiger partial charge on any atom is 0.251 e. The van der Waals surface area contributed by atoms with Crippen molar-refractivity contribution >= 4 is 17.5 Å². The first-order valence-corrected chi connectivity index (χ1v) is 8.57. The summed E-state index contributed by atoms with van der Waals surface area (Å²) in [5, 5.41) is 5.49. The fourth-order valence-electron chi connectivity index (χ4n) is 2.39. The zero-order chi connectivity index (χ0) is 19.3. The molecule has 2 aromatic rings. The van der Waals surface area contributed by atoms with E-state index < -0.39 is 6.04 Å². The number of benzene rings is 2. The van der Waals surface area contributed by atoms with Gasteiger partial charge in [0.1, 0.15) is 11.8 Å². The molecule has 0 saturated carbocycles. The van der Waals surface area contributed by atoms with Gasteiger partial charge in [-0.05, 0) is 54.3 Å². The van der Waals surface area contributed by atoms with Crippen LogP contribution in [0.5, 0.6) is 5.75 Å². The van der Waals surface area contributed by atoms with Gasteiger partial charge < -0.3 is 15.4 Å². The molecule has 0 heterocycles. The van der Waals surface area contributed by atoms with E-state index in [4.69, 9.17) is 4.74 Å². The molecule has 26 heavy (non-hydrogen) atoms. The van der Waals surface area contributed by atoms with Crippen LogP contribution in [-0.2, 0) is 10.2 Å². The second-order valence-corrected chi connectivity index (χ2v) is 7.24. The summed E-state index contributed by atoms with van der Waals surface area (Å²) < 4.78 is 5.08. The van der Waals surface area contributed by atoms with Crippen LogP contribution < -0.4 is 15.4 Å². The minimum Gasteiger partial charge on any atom is -0.497 e. The number of carbonyl (C=O) groups is 2. The summed E-state index contributed by atoms with van der Waals surface area (Å²) in [6.07, 6.45) is 0. The minimum absolute atomic E-state index is 0.0283. The van der Waals surface area contributed by atoms with E-state index in [9.17, 15) is 9.59 Å². The van der Waals surface area contributed by atoms with E-state index in [1.165, 1.54) is 0 Å². The van der Waals surface area contributed by atoms with Gasteiger partial charge in [0.25, 0.3) is 5.91 Å². The predicted octanol–water partition coefficient (Wildman–Crippen LogP) is 3.75. The Hall–Kier alpha value is -2.82. The van der Waals surface area contributed by atoms with Crippen molar-refractivity contribution in [2.75, 3.05) is 12.4 Å². The molecule has 2 N–H and O–H groups in total. The molecule has 0 aromatic heterocycles. The van der Waals surface area contributed by atoms with Crippen LogP contribution in [0.2, 0.25) is 0 Å². The predicted molar refractivity (Wildman–Crippen MR) is 104 cm³/mol. The first-order chi connectivity index (χ1) is 12.2. The molecule has 0 spiro atoms. The molecule has 0 unspecified atom stereocenters. The Balaban J connectivity index is 1.95. The first-order valence-electron chi connectivity index (χ1n) is 8.57. The van der Waals surface area contributed by atoms with Gasteiger partial charge in [-0.15, -0.1) is 0 Å². The van der Waals surface area contributed by atoms with E-state index in [1.807, 2.05) is 12.1 Å². The number of nitrogens with one attached hydrogen (secondary N) is 2. The third-order valence-electron chi connectivity index (χ3n) is 4.11. The van der Waals surface area contributed by atoms with E-state index in [0.717, 1.165) is 5.56 Å². The second kappa shape index (κ2) is 8.04. The molecule has 5 nitrogen and oxygen atoms in total. The zero-order valence-corrected chi connectivity index (χ0v) is 15.9. The van der Waals surface area contributed by atoms with Crippen molar-refractivity contribution in [3.8, 4) is 5.75 Å². The highest BCUT2D eigenvalue weighted by molar-refractivity contribution is 6.01. The van der Waals surface area contributed by atoms with Crippen molar-refractivity contribution < 1.29 is 14.3 Å². The summed E-state index contributed by atoms with van der Waals surface area (Å²) in [7, 11) is 1.58. The molecule has 0 aliphatic rings. The molecule has 2 rings (SSSR count). The number of anilines is 1. The van der Waals surface area contributed by atoms with E-state index in [0.29, 0.717) is 17.0 Å². The first kappa shape index (κ1) is 19.5. The molecular weight excluding hydrogens is 328 g/mol. The molecular formula is C21H26N2O3. The summed E-state index contributed by atoms with van der Waals surface area (Å²) in [4.78, 5) is 24.6. The SMILES string of the molecule is COc1ccc(NC(=O)[C@H](C)NC(=O)c2ccc(C(C)(C)C)cc2)cc1. The lowest BCUT2D eigenvalue weighted by Gasteiger charge is -2.19. The van der Waals surface area contributed by atoms with Gasteiger partial charge in [-0.1, -0.05) is 32.9 Å². The number of methoxy groups -OCH3 is 1. The standard InChI is InChI=1S/C21H26N2O3/c1-14(19(24)23-17-10-12-18(26-5)13-11-17)22-20(25)15-6-8-16(9-7-15)21(2,3)4/h6-14H,1-5H3,(H,22,25)(H,23,24)/t14-/m0/s1. The number of hydrogen-bond acceptors (Lipinski definition) is 3.